The van der Waals surface area contributed by atoms with Crippen molar-refractivity contribution in [3.05, 3.63) is 71.4 Å². The summed E-state index contributed by atoms with van der Waals surface area (Å²) in [6.07, 6.45) is 8.82. The normalized spacial score (nSPS) is 13.8. The fourth-order valence-electron chi connectivity index (χ4n) is 3.95. The van der Waals surface area contributed by atoms with Gasteiger partial charge in [-0.2, -0.15) is 0 Å². The molecule has 0 bridgehead atoms. The van der Waals surface area contributed by atoms with Crippen LogP contribution in [0, 0.1) is 12.3 Å². The van der Waals surface area contributed by atoms with Crippen LogP contribution in [-0.2, 0) is 28.7 Å². The van der Waals surface area contributed by atoms with Crippen LogP contribution in [0.4, 0.5) is 0 Å². The molecule has 1 fully saturated rings. The van der Waals surface area contributed by atoms with Crippen LogP contribution in [0.5, 0.6) is 0 Å². The Bertz CT molecular complexity index is 1250. The summed E-state index contributed by atoms with van der Waals surface area (Å²) < 4.78 is 2.06. The first kappa shape index (κ1) is 21.2. The Morgan fingerprint density at radius 3 is 2.53 bits per heavy atom. The zero-order chi connectivity index (χ0) is 22.7. The average Bonchev–Trinajstić information content (AvgIpc) is 3.49. The number of carbonyl (C=O) groups excluding carboxylic acids is 3. The van der Waals surface area contributed by atoms with E-state index in [2.05, 4.69) is 44.6 Å². The lowest BCUT2D eigenvalue weighted by Crippen LogP contribution is -2.40. The first-order valence-electron chi connectivity index (χ1n) is 10.4. The summed E-state index contributed by atoms with van der Waals surface area (Å²) in [4.78, 5) is 36.9. The number of hydrogen-bond acceptors (Lipinski definition) is 3. The summed E-state index contributed by atoms with van der Waals surface area (Å²) in [5.41, 5.74) is 2.91. The highest BCUT2D eigenvalue weighted by Gasteiger charge is 2.47. The van der Waals surface area contributed by atoms with E-state index in [0.717, 1.165) is 29.3 Å². The third-order valence-corrected chi connectivity index (χ3v) is 5.80. The zero-order valence-electron chi connectivity index (χ0n) is 17.8. The molecule has 4 rings (SSSR count). The van der Waals surface area contributed by atoms with Crippen molar-refractivity contribution in [3.8, 4) is 12.3 Å². The SMILES string of the molecule is C#CCNC(=O)C(=O)NCc1ccccc1C(=O)NC1(c2cccc3c2ccn3C)CC1. The van der Waals surface area contributed by atoms with Gasteiger partial charge in [0.05, 0.1) is 12.1 Å². The van der Waals surface area contributed by atoms with Gasteiger partial charge in [-0.05, 0) is 42.2 Å². The number of benzene rings is 2. The van der Waals surface area contributed by atoms with Crippen LogP contribution in [0.2, 0.25) is 0 Å². The second-order valence-corrected chi connectivity index (χ2v) is 7.93. The number of aromatic nitrogens is 1. The number of nitrogens with zero attached hydrogens (tertiary/aromatic N) is 1. The van der Waals surface area contributed by atoms with Crippen LogP contribution in [0.15, 0.2) is 54.7 Å². The van der Waals surface area contributed by atoms with Crippen LogP contribution in [-0.4, -0.2) is 28.8 Å². The van der Waals surface area contributed by atoms with Gasteiger partial charge in [0.15, 0.2) is 0 Å². The van der Waals surface area contributed by atoms with Gasteiger partial charge in [0.1, 0.15) is 0 Å². The highest BCUT2D eigenvalue weighted by molar-refractivity contribution is 6.35. The number of carbonyl (C=O) groups is 3. The minimum Gasteiger partial charge on any atom is -0.351 e. The predicted molar refractivity (Wildman–Crippen MR) is 121 cm³/mol. The van der Waals surface area contributed by atoms with Gasteiger partial charge in [-0.1, -0.05) is 36.3 Å². The maximum Gasteiger partial charge on any atom is 0.310 e. The largest absolute Gasteiger partial charge is 0.351 e. The minimum absolute atomic E-state index is 0.0263. The molecule has 162 valence electrons. The molecule has 0 spiro atoms. The Morgan fingerprint density at radius 2 is 1.78 bits per heavy atom. The van der Waals surface area contributed by atoms with Crippen molar-refractivity contribution < 1.29 is 14.4 Å². The number of nitrogens with one attached hydrogen (secondary N) is 3. The molecule has 7 nitrogen and oxygen atoms in total. The van der Waals surface area contributed by atoms with Crippen LogP contribution in [0.3, 0.4) is 0 Å². The summed E-state index contributed by atoms with van der Waals surface area (Å²) in [5, 5.41) is 9.20. The van der Waals surface area contributed by atoms with Crippen molar-refractivity contribution in [1.29, 1.82) is 0 Å². The Balaban J connectivity index is 1.50. The topological polar surface area (TPSA) is 92.2 Å². The standard InChI is InChI=1S/C25H24N4O3/c1-3-14-26-23(31)24(32)27-16-17-7-4-5-8-18(17)22(30)28-25(12-13-25)20-9-6-10-21-19(20)11-15-29(21)2/h1,4-11,15H,12-14,16H2,2H3,(H,26,31)(H,27,32)(H,28,30). The lowest BCUT2D eigenvalue weighted by Gasteiger charge is -2.20. The molecule has 3 N–H and O–H groups in total. The third-order valence-electron chi connectivity index (χ3n) is 5.80. The van der Waals surface area contributed by atoms with E-state index in [-0.39, 0.29) is 19.0 Å². The monoisotopic (exact) mass is 428 g/mol. The first-order chi connectivity index (χ1) is 15.4. The van der Waals surface area contributed by atoms with E-state index >= 15 is 0 Å². The number of rotatable bonds is 6. The van der Waals surface area contributed by atoms with Crippen molar-refractivity contribution in [1.82, 2.24) is 20.5 Å². The van der Waals surface area contributed by atoms with Crippen molar-refractivity contribution >= 4 is 28.6 Å². The first-order valence-corrected chi connectivity index (χ1v) is 10.4. The lowest BCUT2D eigenvalue weighted by molar-refractivity contribution is -0.139. The molecule has 3 amide bonds. The van der Waals surface area contributed by atoms with Gasteiger partial charge < -0.3 is 20.5 Å². The second-order valence-electron chi connectivity index (χ2n) is 7.93. The average molecular weight is 428 g/mol. The maximum atomic E-state index is 13.2. The molecule has 1 aromatic heterocycles. The summed E-state index contributed by atoms with van der Waals surface area (Å²) in [6, 6.07) is 15.3. The van der Waals surface area contributed by atoms with Crippen molar-refractivity contribution in [3.63, 3.8) is 0 Å². The number of hydrogen-bond donors (Lipinski definition) is 3. The van der Waals surface area contributed by atoms with Crippen LogP contribution in [0.1, 0.15) is 34.3 Å². The third kappa shape index (κ3) is 4.08. The molecule has 0 aliphatic heterocycles. The Morgan fingerprint density at radius 1 is 1.03 bits per heavy atom. The van der Waals surface area contributed by atoms with E-state index in [1.807, 2.05) is 19.3 Å². The molecule has 1 saturated carbocycles. The minimum atomic E-state index is -0.808. The van der Waals surface area contributed by atoms with Gasteiger partial charge in [-0.25, -0.2) is 0 Å². The number of fused-ring (bicyclic) bond motifs is 1. The van der Waals surface area contributed by atoms with Gasteiger partial charge in [-0.15, -0.1) is 6.42 Å². The Labute approximate surface area is 186 Å². The summed E-state index contributed by atoms with van der Waals surface area (Å²) >= 11 is 0. The Kier molecular flexibility index (Phi) is 5.69. The van der Waals surface area contributed by atoms with Crippen LogP contribution < -0.4 is 16.0 Å². The molecule has 7 heteroatoms. The van der Waals surface area contributed by atoms with Gasteiger partial charge in [0.25, 0.3) is 5.91 Å². The smallest absolute Gasteiger partial charge is 0.310 e. The lowest BCUT2D eigenvalue weighted by atomic mass is 9.99. The van der Waals surface area contributed by atoms with Crippen LogP contribution in [0.25, 0.3) is 10.9 Å². The van der Waals surface area contributed by atoms with Crippen molar-refractivity contribution in [2.45, 2.75) is 24.9 Å². The van der Waals surface area contributed by atoms with Gasteiger partial charge in [0.2, 0.25) is 0 Å². The molecular formula is C25H24N4O3. The number of terminal acetylenes is 1. The van der Waals surface area contributed by atoms with Gasteiger partial charge in [-0.3, -0.25) is 14.4 Å². The molecule has 0 radical (unpaired) electrons. The van der Waals surface area contributed by atoms with Crippen molar-refractivity contribution in [2.24, 2.45) is 7.05 Å². The van der Waals surface area contributed by atoms with Crippen molar-refractivity contribution in [2.75, 3.05) is 6.54 Å². The molecule has 1 aliphatic carbocycles. The zero-order valence-corrected chi connectivity index (χ0v) is 17.8. The molecule has 0 unspecified atom stereocenters. The van der Waals surface area contributed by atoms with E-state index in [1.165, 1.54) is 0 Å². The number of amides is 3. The van der Waals surface area contributed by atoms with E-state index in [4.69, 9.17) is 6.42 Å². The van der Waals surface area contributed by atoms with E-state index in [0.29, 0.717) is 11.1 Å². The van der Waals surface area contributed by atoms with Gasteiger partial charge >= 0.3 is 11.8 Å². The predicted octanol–water partition coefficient (Wildman–Crippen LogP) is 1.96. The molecule has 3 aromatic rings. The molecule has 1 heterocycles. The molecule has 0 saturated heterocycles. The molecule has 2 aromatic carbocycles. The molecule has 32 heavy (non-hydrogen) atoms. The fourth-order valence-corrected chi connectivity index (χ4v) is 3.95. The Hall–Kier alpha value is -4.05. The van der Waals surface area contributed by atoms with Crippen LogP contribution >= 0.6 is 0 Å². The summed E-state index contributed by atoms with van der Waals surface area (Å²) in [5.74, 6) is 0.419. The van der Waals surface area contributed by atoms with E-state index in [1.54, 1.807) is 24.3 Å². The second kappa shape index (κ2) is 8.60. The fraction of sp³-hybridized carbons (Fsp3) is 0.240. The maximum absolute atomic E-state index is 13.2. The highest BCUT2D eigenvalue weighted by Crippen LogP contribution is 2.48. The molecule has 1 aliphatic rings. The quantitative estimate of drug-likeness (QED) is 0.414. The van der Waals surface area contributed by atoms with E-state index < -0.39 is 17.4 Å². The molecule has 0 atom stereocenters. The summed E-state index contributed by atoms with van der Waals surface area (Å²) in [7, 11) is 2.00. The highest BCUT2D eigenvalue weighted by atomic mass is 16.2. The molecular weight excluding hydrogens is 404 g/mol. The number of aryl methyl sites for hydroxylation is 1. The summed E-state index contributed by atoms with van der Waals surface area (Å²) in [6.45, 7) is 0.0225. The van der Waals surface area contributed by atoms with E-state index in [9.17, 15) is 14.4 Å². The van der Waals surface area contributed by atoms with Gasteiger partial charge in [0, 0.05) is 36.3 Å².